The predicted molar refractivity (Wildman–Crippen MR) is 129 cm³/mol. The van der Waals surface area contributed by atoms with Crippen molar-refractivity contribution in [2.75, 3.05) is 19.8 Å². The lowest BCUT2D eigenvalue weighted by molar-refractivity contribution is -0.384. The molecule has 0 amide bonds. The molecule has 2 aliphatic rings. The van der Waals surface area contributed by atoms with Crippen LogP contribution in [0.2, 0.25) is 0 Å². The Balaban J connectivity index is 1.51. The monoisotopic (exact) mass is 495 g/mol. The largest absolute Gasteiger partial charge is 0.381 e. The normalized spacial score (nSPS) is 24.3. The van der Waals surface area contributed by atoms with Gasteiger partial charge in [0, 0.05) is 36.4 Å². The zero-order valence-corrected chi connectivity index (χ0v) is 20.5. The molecule has 1 aliphatic carbocycles. The van der Waals surface area contributed by atoms with Gasteiger partial charge in [-0.3, -0.25) is 15.1 Å². The molecule has 1 spiro atoms. The second-order valence-electron chi connectivity index (χ2n) is 10.7. The van der Waals surface area contributed by atoms with E-state index in [0.29, 0.717) is 24.7 Å². The molecule has 3 aromatic rings. The van der Waals surface area contributed by atoms with Crippen LogP contribution in [-0.2, 0) is 15.7 Å². The Kier molecular flexibility index (Phi) is 6.29. The third kappa shape index (κ3) is 4.60. The van der Waals surface area contributed by atoms with Crippen molar-refractivity contribution >= 4 is 5.69 Å². The Bertz CT molecular complexity index is 1240. The molecule has 2 aromatic heterocycles. The van der Waals surface area contributed by atoms with Gasteiger partial charge in [-0.2, -0.15) is 4.68 Å². The van der Waals surface area contributed by atoms with E-state index in [1.54, 1.807) is 22.9 Å². The number of pyridine rings is 1. The average Bonchev–Trinajstić information content (AvgIpc) is 3.50. The lowest BCUT2D eigenvalue weighted by atomic mass is 9.78. The Morgan fingerprint density at radius 1 is 1.25 bits per heavy atom. The maximum Gasteiger partial charge on any atom is 0.271 e. The van der Waals surface area contributed by atoms with Crippen molar-refractivity contribution in [2.24, 2.45) is 5.41 Å². The highest BCUT2D eigenvalue weighted by atomic mass is 19.1. The van der Waals surface area contributed by atoms with E-state index in [4.69, 9.17) is 4.74 Å². The highest BCUT2D eigenvalue weighted by Gasteiger charge is 2.52. The first-order valence-electron chi connectivity index (χ1n) is 12.2. The minimum Gasteiger partial charge on any atom is -0.381 e. The third-order valence-corrected chi connectivity index (χ3v) is 7.64. The summed E-state index contributed by atoms with van der Waals surface area (Å²) in [6.45, 7) is 6.14. The molecule has 1 aliphatic heterocycles. The number of non-ortho nitro benzene ring substituents is 1. The van der Waals surface area contributed by atoms with Gasteiger partial charge in [0.05, 0.1) is 29.0 Å². The summed E-state index contributed by atoms with van der Waals surface area (Å²) in [7, 11) is 0. The van der Waals surface area contributed by atoms with E-state index in [9.17, 15) is 14.5 Å². The molecular weight excluding hydrogens is 465 g/mol. The van der Waals surface area contributed by atoms with Crippen molar-refractivity contribution < 1.29 is 14.1 Å². The van der Waals surface area contributed by atoms with Crippen LogP contribution in [0.3, 0.4) is 0 Å². The molecule has 5 rings (SSSR count). The summed E-state index contributed by atoms with van der Waals surface area (Å²) in [5, 5.41) is 27.8. The molecule has 2 unspecified atom stereocenters. The number of hydrogen-bond donors (Lipinski definition) is 1. The van der Waals surface area contributed by atoms with E-state index in [0.717, 1.165) is 44.4 Å². The Hall–Kier alpha value is -3.31. The van der Waals surface area contributed by atoms with Crippen LogP contribution < -0.4 is 5.32 Å². The van der Waals surface area contributed by atoms with Crippen LogP contribution in [0.4, 0.5) is 10.1 Å². The molecule has 2 atom stereocenters. The number of nitro benzene ring substituents is 1. The molecule has 36 heavy (non-hydrogen) atoms. The minimum absolute atomic E-state index is 0.0168. The van der Waals surface area contributed by atoms with Gasteiger partial charge in [0.25, 0.3) is 5.69 Å². The van der Waals surface area contributed by atoms with Crippen molar-refractivity contribution in [3.05, 3.63) is 70.0 Å². The molecule has 2 fully saturated rings. The van der Waals surface area contributed by atoms with Crippen molar-refractivity contribution in [1.82, 2.24) is 30.5 Å². The maximum absolute atomic E-state index is 13.5. The molecule has 10 nitrogen and oxygen atoms in total. The lowest BCUT2D eigenvalue weighted by Gasteiger charge is -2.38. The van der Waals surface area contributed by atoms with Crippen LogP contribution in [0, 0.1) is 21.3 Å². The molecule has 1 saturated heterocycles. The first-order chi connectivity index (χ1) is 17.2. The molecule has 1 aromatic carbocycles. The fraction of sp³-hybridized carbons (Fsp3) is 0.520. The van der Waals surface area contributed by atoms with Crippen LogP contribution in [0.5, 0.6) is 0 Å². The van der Waals surface area contributed by atoms with Crippen molar-refractivity contribution in [3.63, 3.8) is 0 Å². The zero-order chi connectivity index (χ0) is 25.4. The average molecular weight is 496 g/mol. The van der Waals surface area contributed by atoms with Crippen LogP contribution in [0.15, 0.2) is 42.6 Å². The van der Waals surface area contributed by atoms with E-state index in [1.165, 1.54) is 24.4 Å². The summed E-state index contributed by atoms with van der Waals surface area (Å²) in [5.41, 5.74) is 0.325. The second-order valence-corrected chi connectivity index (χ2v) is 10.7. The summed E-state index contributed by atoms with van der Waals surface area (Å²) in [4.78, 5) is 15.3. The molecule has 0 radical (unpaired) electrons. The van der Waals surface area contributed by atoms with Crippen LogP contribution in [0.25, 0.3) is 5.69 Å². The molecule has 1 saturated carbocycles. The second kappa shape index (κ2) is 9.29. The van der Waals surface area contributed by atoms with Gasteiger partial charge < -0.3 is 10.1 Å². The van der Waals surface area contributed by atoms with Gasteiger partial charge in [-0.15, -0.1) is 5.10 Å². The van der Waals surface area contributed by atoms with Gasteiger partial charge in [-0.1, -0.05) is 19.9 Å². The van der Waals surface area contributed by atoms with Gasteiger partial charge in [-0.25, -0.2) is 4.39 Å². The van der Waals surface area contributed by atoms with Gasteiger partial charge in [-0.05, 0) is 66.1 Å². The fourth-order valence-electron chi connectivity index (χ4n) is 5.62. The van der Waals surface area contributed by atoms with E-state index >= 15 is 0 Å². The van der Waals surface area contributed by atoms with Crippen molar-refractivity contribution in [3.8, 4) is 5.69 Å². The number of rotatable bonds is 7. The summed E-state index contributed by atoms with van der Waals surface area (Å²) >= 11 is 0. The fourth-order valence-corrected chi connectivity index (χ4v) is 5.62. The number of benzene rings is 1. The van der Waals surface area contributed by atoms with E-state index < -0.39 is 15.9 Å². The van der Waals surface area contributed by atoms with E-state index in [2.05, 4.69) is 39.7 Å². The minimum atomic E-state index is -0.577. The highest BCUT2D eigenvalue weighted by Crippen LogP contribution is 2.53. The molecule has 11 heteroatoms. The lowest BCUT2D eigenvalue weighted by Crippen LogP contribution is -2.49. The van der Waals surface area contributed by atoms with Crippen molar-refractivity contribution in [1.29, 1.82) is 0 Å². The Morgan fingerprint density at radius 3 is 2.83 bits per heavy atom. The van der Waals surface area contributed by atoms with E-state index in [1.807, 2.05) is 0 Å². The standard InChI is InChI=1S/C25H30FN7O3/c1-23(2,21-8-7-18(26)14-27-21)16-28-25(11-10-24(15-25)9-4-12-36-17-24)22-29-30-31-32(22)19-5-3-6-20(13-19)33(34)35/h3,5-8,13-14,28H,4,9-12,15-17H2,1-2H3. The first kappa shape index (κ1) is 24.4. The Morgan fingerprint density at radius 2 is 2.11 bits per heavy atom. The quantitative estimate of drug-likeness (QED) is 0.388. The third-order valence-electron chi connectivity index (χ3n) is 7.64. The zero-order valence-electron chi connectivity index (χ0n) is 20.5. The predicted octanol–water partition coefficient (Wildman–Crippen LogP) is 3.85. The SMILES string of the molecule is CC(C)(CNC1(c2nnnn2-c2cccc([N+](=O)[O-])c2)CCC2(CCCOC2)C1)c1ccc(F)cn1. The summed E-state index contributed by atoms with van der Waals surface area (Å²) in [5.74, 6) is 0.249. The Labute approximate surface area is 208 Å². The number of tetrazole rings is 1. The molecule has 3 heterocycles. The van der Waals surface area contributed by atoms with Gasteiger partial charge in [0.2, 0.25) is 0 Å². The number of nitro groups is 1. The number of nitrogens with one attached hydrogen (secondary N) is 1. The number of hydrogen-bond acceptors (Lipinski definition) is 8. The van der Waals surface area contributed by atoms with Crippen LogP contribution in [0.1, 0.15) is 57.5 Å². The van der Waals surface area contributed by atoms with Gasteiger partial charge in [0.1, 0.15) is 5.82 Å². The topological polar surface area (TPSA) is 121 Å². The number of aromatic nitrogens is 5. The molecular formula is C25H30FN7O3. The molecule has 190 valence electrons. The van der Waals surface area contributed by atoms with E-state index in [-0.39, 0.29) is 16.9 Å². The maximum atomic E-state index is 13.5. The number of ether oxygens (including phenoxy) is 1. The molecule has 0 bridgehead atoms. The van der Waals surface area contributed by atoms with Gasteiger partial charge >= 0.3 is 0 Å². The van der Waals surface area contributed by atoms with Crippen molar-refractivity contribution in [2.45, 2.75) is 56.9 Å². The smallest absolute Gasteiger partial charge is 0.271 e. The summed E-state index contributed by atoms with van der Waals surface area (Å²) in [6.07, 6.45) is 5.84. The highest BCUT2D eigenvalue weighted by molar-refractivity contribution is 5.43. The summed E-state index contributed by atoms with van der Waals surface area (Å²) < 4.78 is 21.0. The van der Waals surface area contributed by atoms with Crippen LogP contribution in [-0.4, -0.2) is 49.9 Å². The summed E-state index contributed by atoms with van der Waals surface area (Å²) in [6, 6.07) is 9.46. The van der Waals surface area contributed by atoms with Gasteiger partial charge in [0.15, 0.2) is 5.82 Å². The first-order valence-corrected chi connectivity index (χ1v) is 12.2. The van der Waals surface area contributed by atoms with Crippen LogP contribution >= 0.6 is 0 Å². The number of halogens is 1. The number of nitrogens with zero attached hydrogens (tertiary/aromatic N) is 6. The molecule has 1 N–H and O–H groups in total.